The Labute approximate surface area is 288 Å². The molecule has 0 unspecified atom stereocenters. The molecule has 0 atom stereocenters. The van der Waals surface area contributed by atoms with E-state index in [1.54, 1.807) is 0 Å². The van der Waals surface area contributed by atoms with E-state index in [-0.39, 0.29) is 23.0 Å². The fraction of sp³-hybridized carbons (Fsp3) is 0.217. The smallest absolute Gasteiger partial charge is 0.252 e. The molecule has 1 spiro atoms. The van der Waals surface area contributed by atoms with Crippen LogP contribution in [-0.2, 0) is 21.7 Å². The fourth-order valence-electron chi connectivity index (χ4n) is 11.7. The predicted octanol–water partition coefficient (Wildman–Crippen LogP) is 8.71. The van der Waals surface area contributed by atoms with Crippen LogP contribution in [0.4, 0.5) is 17.1 Å². The lowest BCUT2D eigenvalue weighted by Gasteiger charge is -2.58. The minimum atomic E-state index is -0.528. The van der Waals surface area contributed by atoms with E-state index >= 15 is 0 Å². The topological polar surface area (TPSA) is 12.5 Å². The SMILES string of the molecule is CC1(C)c2cccc3c2B2c4c(cccc4C4(c5cccc1c52)c1cccc2c1N1c5c(cccc5C(C)(C)c5cccc4c51)C2(C)C)O3. The first-order valence-electron chi connectivity index (χ1n) is 17.9. The van der Waals surface area contributed by atoms with E-state index in [9.17, 15) is 0 Å². The molecule has 0 saturated heterocycles. The van der Waals surface area contributed by atoms with Crippen LogP contribution in [0.5, 0.6) is 11.5 Å². The van der Waals surface area contributed by atoms with Gasteiger partial charge >= 0.3 is 0 Å². The monoisotopic (exact) mass is 629 g/mol. The predicted molar refractivity (Wildman–Crippen MR) is 201 cm³/mol. The van der Waals surface area contributed by atoms with Crippen molar-refractivity contribution in [1.82, 2.24) is 0 Å². The second-order valence-corrected chi connectivity index (χ2v) is 16.8. The number of nitrogens with zero attached hydrogens (tertiary/aromatic N) is 1. The molecule has 234 valence electrons. The molecule has 0 aliphatic carbocycles. The number of ether oxygens (including phenoxy) is 1. The highest BCUT2D eigenvalue weighted by molar-refractivity contribution is 6.99. The first kappa shape index (κ1) is 26.9. The fourth-order valence-corrected chi connectivity index (χ4v) is 11.7. The molecule has 6 aliphatic heterocycles. The van der Waals surface area contributed by atoms with Crippen molar-refractivity contribution in [1.29, 1.82) is 0 Å². The molecule has 6 aromatic rings. The van der Waals surface area contributed by atoms with Crippen molar-refractivity contribution < 1.29 is 4.74 Å². The molecule has 0 radical (unpaired) electrons. The Morgan fingerprint density at radius 1 is 0.388 bits per heavy atom. The van der Waals surface area contributed by atoms with Gasteiger partial charge in [0.1, 0.15) is 11.5 Å². The summed E-state index contributed by atoms with van der Waals surface area (Å²) in [7, 11) is 0. The highest BCUT2D eigenvalue weighted by Gasteiger charge is 2.60. The van der Waals surface area contributed by atoms with Gasteiger partial charge in [-0.15, -0.1) is 0 Å². The van der Waals surface area contributed by atoms with Gasteiger partial charge in [0.2, 0.25) is 0 Å². The van der Waals surface area contributed by atoms with Crippen LogP contribution in [0.15, 0.2) is 109 Å². The molecule has 49 heavy (non-hydrogen) atoms. The summed E-state index contributed by atoms with van der Waals surface area (Å²) in [6.07, 6.45) is 0. The van der Waals surface area contributed by atoms with Gasteiger partial charge in [-0.3, -0.25) is 0 Å². The molecule has 6 heterocycles. The van der Waals surface area contributed by atoms with E-state index in [4.69, 9.17) is 4.74 Å². The van der Waals surface area contributed by atoms with Gasteiger partial charge in [0, 0.05) is 16.2 Å². The van der Waals surface area contributed by atoms with Gasteiger partial charge in [-0.25, -0.2) is 0 Å². The van der Waals surface area contributed by atoms with Crippen LogP contribution >= 0.6 is 0 Å². The summed E-state index contributed by atoms with van der Waals surface area (Å²) in [5, 5.41) is 0. The van der Waals surface area contributed by atoms with Crippen LogP contribution in [0.3, 0.4) is 0 Å². The number of hydrogen-bond acceptors (Lipinski definition) is 2. The lowest BCUT2D eigenvalue weighted by molar-refractivity contribution is 0.482. The average Bonchev–Trinajstić information content (AvgIpc) is 3.10. The van der Waals surface area contributed by atoms with Crippen LogP contribution in [0, 0.1) is 0 Å². The molecule has 0 aromatic heterocycles. The van der Waals surface area contributed by atoms with E-state index in [0.29, 0.717) is 0 Å². The van der Waals surface area contributed by atoms with Gasteiger partial charge in [0.05, 0.1) is 22.5 Å². The number of rotatable bonds is 0. The van der Waals surface area contributed by atoms with E-state index < -0.39 is 5.41 Å². The quantitative estimate of drug-likeness (QED) is 0.156. The highest BCUT2D eigenvalue weighted by atomic mass is 16.5. The molecule has 0 N–H and O–H groups in total. The molecular weight excluding hydrogens is 593 g/mol. The molecule has 12 rings (SSSR count). The Bertz CT molecular complexity index is 2480. The van der Waals surface area contributed by atoms with Crippen molar-refractivity contribution in [3.05, 3.63) is 165 Å². The second kappa shape index (κ2) is 7.89. The summed E-state index contributed by atoms with van der Waals surface area (Å²) in [5.74, 6) is 2.00. The van der Waals surface area contributed by atoms with Crippen LogP contribution in [-0.4, -0.2) is 6.71 Å². The first-order valence-corrected chi connectivity index (χ1v) is 17.9. The van der Waals surface area contributed by atoms with Gasteiger partial charge in [-0.1, -0.05) is 144 Å². The van der Waals surface area contributed by atoms with E-state index in [1.807, 2.05) is 0 Å². The summed E-state index contributed by atoms with van der Waals surface area (Å²) in [6, 6.07) is 42.2. The largest absolute Gasteiger partial charge is 0.458 e. The number of para-hydroxylation sites is 3. The normalized spacial score (nSPS) is 19.6. The maximum atomic E-state index is 6.97. The Hall–Kier alpha value is -5.02. The Kier molecular flexibility index (Phi) is 4.33. The molecular formula is C46H36BNO. The average molecular weight is 630 g/mol. The molecule has 0 amide bonds. The van der Waals surface area contributed by atoms with Crippen molar-refractivity contribution >= 4 is 40.2 Å². The van der Waals surface area contributed by atoms with E-state index in [1.165, 1.54) is 89.1 Å². The summed E-state index contributed by atoms with van der Waals surface area (Å²) >= 11 is 0. The second-order valence-electron chi connectivity index (χ2n) is 16.8. The molecule has 0 saturated carbocycles. The van der Waals surface area contributed by atoms with Crippen LogP contribution in [0.1, 0.15) is 97.2 Å². The first-order chi connectivity index (χ1) is 23.6. The standard InChI is InChI=1S/C46H36BNO/c1-43(2)25-13-7-15-27-37(25)47-38-26(43)14-11-23-35(38)49-36-24-12-16-28(39(36)47)46(27)33-21-9-19-31-41(33)48-40-29(44(31,3)4)17-8-18-30(40)45(5,6)32-20-10-22-34(46)42(32)48/h7-24H,1-6H3. The lowest BCUT2D eigenvalue weighted by atomic mass is 9.25. The summed E-state index contributed by atoms with van der Waals surface area (Å²) in [5.41, 5.74) is 21.2. The van der Waals surface area contributed by atoms with Gasteiger partial charge in [-0.05, 0) is 78.7 Å². The van der Waals surface area contributed by atoms with Gasteiger partial charge in [0.15, 0.2) is 0 Å². The summed E-state index contributed by atoms with van der Waals surface area (Å²) in [4.78, 5) is 2.69. The molecule has 0 bridgehead atoms. The van der Waals surface area contributed by atoms with E-state index in [0.717, 1.165) is 11.5 Å². The molecule has 3 heteroatoms. The van der Waals surface area contributed by atoms with Crippen molar-refractivity contribution in [2.24, 2.45) is 0 Å². The minimum absolute atomic E-state index is 0.133. The lowest BCUT2D eigenvalue weighted by Crippen LogP contribution is -2.69. The summed E-state index contributed by atoms with van der Waals surface area (Å²) < 4.78 is 6.97. The third-order valence-corrected chi connectivity index (χ3v) is 13.8. The molecule has 2 nitrogen and oxygen atoms in total. The maximum absolute atomic E-state index is 6.97. The van der Waals surface area contributed by atoms with E-state index in [2.05, 4.69) is 156 Å². The van der Waals surface area contributed by atoms with Gasteiger partial charge in [-0.2, -0.15) is 0 Å². The van der Waals surface area contributed by atoms with Crippen molar-refractivity contribution in [2.75, 3.05) is 4.90 Å². The Morgan fingerprint density at radius 3 is 1.22 bits per heavy atom. The number of hydrogen-bond donors (Lipinski definition) is 0. The molecule has 6 aliphatic rings. The molecule has 6 aromatic carbocycles. The third kappa shape index (κ3) is 2.59. The number of fused-ring (bicyclic) bond motifs is 4. The van der Waals surface area contributed by atoms with Crippen molar-refractivity contribution in [3.8, 4) is 11.5 Å². The third-order valence-electron chi connectivity index (χ3n) is 13.8. The van der Waals surface area contributed by atoms with Crippen molar-refractivity contribution in [3.63, 3.8) is 0 Å². The van der Waals surface area contributed by atoms with Crippen LogP contribution in [0.2, 0.25) is 0 Å². The van der Waals surface area contributed by atoms with Gasteiger partial charge in [0.25, 0.3) is 6.71 Å². The van der Waals surface area contributed by atoms with Crippen molar-refractivity contribution in [2.45, 2.75) is 63.2 Å². The summed E-state index contributed by atoms with van der Waals surface area (Å²) in [6.45, 7) is 14.7. The Morgan fingerprint density at radius 2 is 0.714 bits per heavy atom. The maximum Gasteiger partial charge on any atom is 0.252 e. The Balaban J connectivity index is 1.33. The number of benzene rings is 6. The van der Waals surface area contributed by atoms with Crippen LogP contribution in [0.25, 0.3) is 0 Å². The zero-order valence-electron chi connectivity index (χ0n) is 28.8. The highest BCUT2D eigenvalue weighted by Crippen LogP contribution is 2.68. The zero-order chi connectivity index (χ0) is 33.0. The number of anilines is 3. The van der Waals surface area contributed by atoms with Gasteiger partial charge < -0.3 is 9.64 Å². The zero-order valence-corrected chi connectivity index (χ0v) is 28.8. The van der Waals surface area contributed by atoms with Crippen LogP contribution < -0.4 is 26.0 Å². The molecule has 0 fully saturated rings. The minimum Gasteiger partial charge on any atom is -0.458 e.